The molecular weight excluding hydrogens is 524 g/mol. The molecule has 0 aromatic heterocycles. The van der Waals surface area contributed by atoms with E-state index in [0.717, 1.165) is 23.5 Å². The molecule has 0 spiro atoms. The second-order valence-electron chi connectivity index (χ2n) is 7.71. The number of carbonyl (C=O) groups excluding carboxylic acids is 4. The molecule has 2 N–H and O–H groups in total. The number of thioether (sulfide) groups is 1. The second kappa shape index (κ2) is 19.1. The van der Waals surface area contributed by atoms with Crippen molar-refractivity contribution in [3.63, 3.8) is 0 Å². The monoisotopic (exact) mass is 560 g/mol. The molecule has 2 amide bonds. The molecule has 0 radical (unpaired) electrons. The third kappa shape index (κ3) is 15.1. The molecule has 0 aliphatic rings. The summed E-state index contributed by atoms with van der Waals surface area (Å²) in [4.78, 5) is 47.8. The summed E-state index contributed by atoms with van der Waals surface area (Å²) in [6.07, 6.45) is 1.35. The lowest BCUT2D eigenvalue weighted by Gasteiger charge is -2.19. The standard InChI is InChI=1S/C24H36N2O7S3/c1-5-31-24(30)33-18(3)32-22(28)14-25-23(29)20(13-19-9-7-6-8-10-19)15-35-36-16-21(11-12-34-4)26-17(2)27/h6-10,18,20-21H,5,11-16H2,1-4H3,(H,25,29)(H,26,27)/t18?,20-,21+/m1/s1. The van der Waals surface area contributed by atoms with Gasteiger partial charge in [-0.1, -0.05) is 51.9 Å². The van der Waals surface area contributed by atoms with Crippen LogP contribution >= 0.6 is 33.3 Å². The Balaban J connectivity index is 2.60. The smallest absolute Gasteiger partial charge is 0.435 e. The Kier molecular flexibility index (Phi) is 17.0. The van der Waals surface area contributed by atoms with E-state index in [4.69, 9.17) is 9.47 Å². The van der Waals surface area contributed by atoms with Gasteiger partial charge in [0.1, 0.15) is 6.54 Å². The van der Waals surface area contributed by atoms with Crippen LogP contribution in [0.15, 0.2) is 30.3 Å². The summed E-state index contributed by atoms with van der Waals surface area (Å²) in [5, 5.41) is 5.60. The van der Waals surface area contributed by atoms with Gasteiger partial charge in [0.25, 0.3) is 0 Å². The summed E-state index contributed by atoms with van der Waals surface area (Å²) in [6, 6.07) is 9.72. The minimum absolute atomic E-state index is 0.0538. The topological polar surface area (TPSA) is 120 Å². The lowest BCUT2D eigenvalue weighted by molar-refractivity contribution is -0.167. The van der Waals surface area contributed by atoms with E-state index in [0.29, 0.717) is 12.2 Å². The number of carbonyl (C=O) groups is 4. The molecule has 12 heteroatoms. The van der Waals surface area contributed by atoms with Crippen LogP contribution in [0.2, 0.25) is 0 Å². The lowest BCUT2D eigenvalue weighted by Crippen LogP contribution is -2.38. The van der Waals surface area contributed by atoms with Gasteiger partial charge in [-0.25, -0.2) is 4.79 Å². The number of esters is 1. The number of nitrogens with one attached hydrogen (secondary N) is 2. The highest BCUT2D eigenvalue weighted by atomic mass is 33.1. The zero-order valence-electron chi connectivity index (χ0n) is 21.2. The highest BCUT2D eigenvalue weighted by Crippen LogP contribution is 2.27. The average molecular weight is 561 g/mol. The maximum atomic E-state index is 12.9. The van der Waals surface area contributed by atoms with Crippen molar-refractivity contribution in [3.8, 4) is 0 Å². The Morgan fingerprint density at radius 1 is 1.03 bits per heavy atom. The predicted molar refractivity (Wildman–Crippen MR) is 146 cm³/mol. The fraction of sp³-hybridized carbons (Fsp3) is 0.583. The molecule has 1 aromatic carbocycles. The SMILES string of the molecule is CCOC(=O)OC(C)OC(=O)CNC(=O)[C@@H](CSSC[C@H](CCSC)NC(C)=O)Cc1ccccc1. The number of rotatable bonds is 17. The van der Waals surface area contributed by atoms with Crippen LogP contribution in [-0.4, -0.2) is 72.9 Å². The molecule has 36 heavy (non-hydrogen) atoms. The number of hydrogen-bond donors (Lipinski definition) is 2. The van der Waals surface area contributed by atoms with Gasteiger partial charge in [-0.05, 0) is 37.3 Å². The number of hydrogen-bond acceptors (Lipinski definition) is 10. The predicted octanol–water partition coefficient (Wildman–Crippen LogP) is 3.66. The first-order valence-electron chi connectivity index (χ1n) is 11.6. The fourth-order valence-electron chi connectivity index (χ4n) is 2.97. The summed E-state index contributed by atoms with van der Waals surface area (Å²) < 4.78 is 14.4. The van der Waals surface area contributed by atoms with Crippen LogP contribution in [0, 0.1) is 5.92 Å². The number of benzene rings is 1. The summed E-state index contributed by atoms with van der Waals surface area (Å²) in [5.41, 5.74) is 1.01. The van der Waals surface area contributed by atoms with Gasteiger partial charge in [0.2, 0.25) is 18.1 Å². The summed E-state index contributed by atoms with van der Waals surface area (Å²) >= 11 is 1.73. The van der Waals surface area contributed by atoms with Crippen molar-refractivity contribution in [3.05, 3.63) is 35.9 Å². The van der Waals surface area contributed by atoms with Crippen molar-refractivity contribution in [2.75, 3.05) is 36.7 Å². The molecule has 0 saturated carbocycles. The zero-order valence-corrected chi connectivity index (χ0v) is 23.6. The van der Waals surface area contributed by atoms with E-state index in [1.165, 1.54) is 13.8 Å². The molecule has 1 rings (SSSR count). The van der Waals surface area contributed by atoms with Crippen molar-refractivity contribution in [2.24, 2.45) is 5.92 Å². The van der Waals surface area contributed by atoms with E-state index >= 15 is 0 Å². The van der Waals surface area contributed by atoms with Gasteiger partial charge in [0.05, 0.1) is 12.5 Å². The van der Waals surface area contributed by atoms with Crippen molar-refractivity contribution in [1.82, 2.24) is 10.6 Å². The molecule has 0 aliphatic heterocycles. The molecule has 202 valence electrons. The van der Waals surface area contributed by atoms with Crippen LogP contribution in [0.3, 0.4) is 0 Å². The summed E-state index contributed by atoms with van der Waals surface area (Å²) in [7, 11) is 3.18. The Labute approximate surface area is 225 Å². The van der Waals surface area contributed by atoms with Gasteiger partial charge in [-0.15, -0.1) is 0 Å². The molecule has 0 saturated heterocycles. The van der Waals surface area contributed by atoms with Crippen LogP contribution in [0.5, 0.6) is 0 Å². The largest absolute Gasteiger partial charge is 0.511 e. The highest BCUT2D eigenvalue weighted by molar-refractivity contribution is 8.76. The Morgan fingerprint density at radius 3 is 2.36 bits per heavy atom. The molecule has 0 fully saturated rings. The van der Waals surface area contributed by atoms with E-state index in [2.05, 4.69) is 15.4 Å². The van der Waals surface area contributed by atoms with Gasteiger partial charge < -0.3 is 24.8 Å². The average Bonchev–Trinajstić information content (AvgIpc) is 2.83. The van der Waals surface area contributed by atoms with Crippen LogP contribution in [-0.2, 0) is 35.0 Å². The van der Waals surface area contributed by atoms with E-state index in [9.17, 15) is 19.2 Å². The van der Waals surface area contributed by atoms with Crippen molar-refractivity contribution in [2.45, 2.75) is 45.9 Å². The Hall–Kier alpha value is -2.05. The third-order valence-electron chi connectivity index (χ3n) is 4.62. The van der Waals surface area contributed by atoms with Crippen molar-refractivity contribution < 1.29 is 33.4 Å². The van der Waals surface area contributed by atoms with Gasteiger partial charge in [0, 0.05) is 31.4 Å². The molecule has 0 heterocycles. The zero-order chi connectivity index (χ0) is 26.8. The maximum absolute atomic E-state index is 12.9. The summed E-state index contributed by atoms with van der Waals surface area (Å²) in [6.45, 7) is 4.32. The molecule has 9 nitrogen and oxygen atoms in total. The first-order valence-corrected chi connectivity index (χ1v) is 15.5. The first kappa shape index (κ1) is 32.0. The minimum atomic E-state index is -1.14. The van der Waals surface area contributed by atoms with E-state index in [1.54, 1.807) is 40.3 Å². The van der Waals surface area contributed by atoms with Gasteiger partial charge >= 0.3 is 12.1 Å². The highest BCUT2D eigenvalue weighted by Gasteiger charge is 2.22. The molecule has 1 aromatic rings. The van der Waals surface area contributed by atoms with Crippen LogP contribution in [0.1, 0.15) is 32.8 Å². The third-order valence-corrected chi connectivity index (χ3v) is 7.83. The molecule has 3 atom stereocenters. The van der Waals surface area contributed by atoms with Crippen molar-refractivity contribution in [1.29, 1.82) is 0 Å². The molecule has 0 aliphatic carbocycles. The van der Waals surface area contributed by atoms with Crippen LogP contribution in [0.25, 0.3) is 0 Å². The van der Waals surface area contributed by atoms with Crippen LogP contribution < -0.4 is 10.6 Å². The Bertz CT molecular complexity index is 814. The molecule has 0 bridgehead atoms. The van der Waals surface area contributed by atoms with Crippen LogP contribution in [0.4, 0.5) is 4.79 Å². The number of amides is 2. The van der Waals surface area contributed by atoms with Crippen molar-refractivity contribution >= 4 is 57.3 Å². The normalized spacial score (nSPS) is 13.1. The molecular formula is C24H36N2O7S3. The second-order valence-corrected chi connectivity index (χ2v) is 11.2. The van der Waals surface area contributed by atoms with E-state index in [1.807, 2.05) is 36.6 Å². The maximum Gasteiger partial charge on any atom is 0.511 e. The minimum Gasteiger partial charge on any atom is -0.435 e. The van der Waals surface area contributed by atoms with E-state index < -0.39 is 18.4 Å². The Morgan fingerprint density at radius 2 is 1.72 bits per heavy atom. The molecule has 1 unspecified atom stereocenters. The first-order chi connectivity index (χ1) is 17.2. The number of ether oxygens (including phenoxy) is 3. The lowest BCUT2D eigenvalue weighted by atomic mass is 10.0. The van der Waals surface area contributed by atoms with Gasteiger partial charge in [0.15, 0.2) is 0 Å². The summed E-state index contributed by atoms with van der Waals surface area (Å²) in [5.74, 6) is 0.775. The van der Waals surface area contributed by atoms with E-state index in [-0.39, 0.29) is 36.9 Å². The van der Waals surface area contributed by atoms with Gasteiger partial charge in [-0.2, -0.15) is 11.8 Å². The quantitative estimate of drug-likeness (QED) is 0.126. The van der Waals surface area contributed by atoms with Gasteiger partial charge in [-0.3, -0.25) is 14.4 Å². The fourth-order valence-corrected chi connectivity index (χ4v) is 6.10.